The van der Waals surface area contributed by atoms with Crippen molar-refractivity contribution in [2.24, 2.45) is 5.92 Å². The predicted molar refractivity (Wildman–Crippen MR) is 93.5 cm³/mol. The maximum atomic E-state index is 12.1. The fourth-order valence-corrected chi connectivity index (χ4v) is 3.07. The molecule has 4 heteroatoms. The van der Waals surface area contributed by atoms with Crippen molar-refractivity contribution < 1.29 is 9.53 Å². The first-order chi connectivity index (χ1) is 11.2. The molecular weight excluding hydrogens is 288 g/mol. The lowest BCUT2D eigenvalue weighted by atomic mass is 9.85. The molecule has 1 saturated heterocycles. The second-order valence-electron chi connectivity index (χ2n) is 6.54. The van der Waals surface area contributed by atoms with Crippen LogP contribution in [-0.2, 0) is 9.53 Å². The third-order valence-corrected chi connectivity index (χ3v) is 4.82. The standard InChI is InChI=1S/C19H26N2O2/c1-20(15-17-3-2-4-17)19(22)10-7-16-5-8-18(9-6-16)21-11-13-23-14-12-21/h5-10,17H,2-4,11-15H2,1H3. The van der Waals surface area contributed by atoms with Crippen molar-refractivity contribution in [3.8, 4) is 0 Å². The lowest BCUT2D eigenvalue weighted by molar-refractivity contribution is -0.125. The van der Waals surface area contributed by atoms with Crippen LogP contribution in [0, 0.1) is 5.92 Å². The first-order valence-electron chi connectivity index (χ1n) is 8.58. The van der Waals surface area contributed by atoms with Gasteiger partial charge in [0, 0.05) is 38.4 Å². The minimum atomic E-state index is 0.0918. The van der Waals surface area contributed by atoms with Crippen LogP contribution in [0.25, 0.3) is 6.08 Å². The molecular formula is C19H26N2O2. The number of amides is 1. The number of benzene rings is 1. The van der Waals surface area contributed by atoms with Crippen LogP contribution in [0.15, 0.2) is 30.3 Å². The highest BCUT2D eigenvalue weighted by atomic mass is 16.5. The van der Waals surface area contributed by atoms with Crippen LogP contribution in [0.2, 0.25) is 0 Å². The van der Waals surface area contributed by atoms with E-state index in [1.54, 1.807) is 6.08 Å². The van der Waals surface area contributed by atoms with Crippen molar-refractivity contribution in [1.82, 2.24) is 4.90 Å². The molecule has 2 aliphatic rings. The Kier molecular flexibility index (Phi) is 5.34. The zero-order valence-electron chi connectivity index (χ0n) is 13.9. The topological polar surface area (TPSA) is 32.8 Å². The SMILES string of the molecule is CN(CC1CCC1)C(=O)C=Cc1ccc(N2CCOCC2)cc1. The van der Waals surface area contributed by atoms with Crippen LogP contribution in [0.3, 0.4) is 0 Å². The number of hydrogen-bond donors (Lipinski definition) is 0. The Hall–Kier alpha value is -1.81. The highest BCUT2D eigenvalue weighted by Crippen LogP contribution is 2.26. The van der Waals surface area contributed by atoms with Gasteiger partial charge in [-0.15, -0.1) is 0 Å². The summed E-state index contributed by atoms with van der Waals surface area (Å²) in [4.78, 5) is 16.3. The number of morpholine rings is 1. The molecule has 4 nitrogen and oxygen atoms in total. The predicted octanol–water partition coefficient (Wildman–Crippen LogP) is 2.79. The molecule has 0 atom stereocenters. The molecule has 1 aromatic carbocycles. The summed E-state index contributed by atoms with van der Waals surface area (Å²) in [6, 6.07) is 8.38. The molecule has 1 saturated carbocycles. The van der Waals surface area contributed by atoms with E-state index in [0.717, 1.165) is 38.4 Å². The molecule has 2 fully saturated rings. The van der Waals surface area contributed by atoms with Gasteiger partial charge in [0.25, 0.3) is 0 Å². The van der Waals surface area contributed by atoms with E-state index in [1.165, 1.54) is 24.9 Å². The summed E-state index contributed by atoms with van der Waals surface area (Å²) >= 11 is 0. The van der Waals surface area contributed by atoms with E-state index >= 15 is 0 Å². The molecule has 0 N–H and O–H groups in total. The second-order valence-corrected chi connectivity index (χ2v) is 6.54. The molecule has 1 aliphatic heterocycles. The summed E-state index contributed by atoms with van der Waals surface area (Å²) < 4.78 is 5.38. The third-order valence-electron chi connectivity index (χ3n) is 4.82. The van der Waals surface area contributed by atoms with Crippen LogP contribution < -0.4 is 4.90 Å². The summed E-state index contributed by atoms with van der Waals surface area (Å²) in [5.41, 5.74) is 2.28. The quantitative estimate of drug-likeness (QED) is 0.784. The number of carbonyl (C=O) groups is 1. The Morgan fingerprint density at radius 2 is 1.96 bits per heavy atom. The van der Waals surface area contributed by atoms with Gasteiger partial charge in [0.05, 0.1) is 13.2 Å². The number of likely N-dealkylation sites (N-methyl/N-ethyl adjacent to an activating group) is 1. The van der Waals surface area contributed by atoms with E-state index in [2.05, 4.69) is 29.2 Å². The smallest absolute Gasteiger partial charge is 0.246 e. The number of hydrogen-bond acceptors (Lipinski definition) is 3. The molecule has 1 aromatic rings. The van der Waals surface area contributed by atoms with Gasteiger partial charge in [0.1, 0.15) is 0 Å². The lowest BCUT2D eigenvalue weighted by Gasteiger charge is -2.29. The second kappa shape index (κ2) is 7.64. The maximum absolute atomic E-state index is 12.1. The van der Waals surface area contributed by atoms with Crippen LogP contribution in [0.1, 0.15) is 24.8 Å². The van der Waals surface area contributed by atoms with Gasteiger partial charge in [-0.1, -0.05) is 18.6 Å². The minimum absolute atomic E-state index is 0.0918. The summed E-state index contributed by atoms with van der Waals surface area (Å²) in [5, 5.41) is 0. The van der Waals surface area contributed by atoms with Crippen molar-refractivity contribution in [3.05, 3.63) is 35.9 Å². The Bertz CT molecular complexity index is 543. The minimum Gasteiger partial charge on any atom is -0.378 e. The number of anilines is 1. The fraction of sp³-hybridized carbons (Fsp3) is 0.526. The van der Waals surface area contributed by atoms with E-state index < -0.39 is 0 Å². The van der Waals surface area contributed by atoms with E-state index in [1.807, 2.05) is 18.0 Å². The average Bonchev–Trinajstić information content (AvgIpc) is 2.57. The number of nitrogens with zero attached hydrogens (tertiary/aromatic N) is 2. The van der Waals surface area contributed by atoms with E-state index in [0.29, 0.717) is 5.92 Å². The monoisotopic (exact) mass is 314 g/mol. The first kappa shape index (κ1) is 16.1. The van der Waals surface area contributed by atoms with Crippen LogP contribution in [0.4, 0.5) is 5.69 Å². The van der Waals surface area contributed by atoms with E-state index in [9.17, 15) is 4.79 Å². The van der Waals surface area contributed by atoms with Crippen molar-refractivity contribution in [2.45, 2.75) is 19.3 Å². The molecule has 1 aliphatic carbocycles. The van der Waals surface area contributed by atoms with Gasteiger partial charge < -0.3 is 14.5 Å². The number of carbonyl (C=O) groups excluding carboxylic acids is 1. The molecule has 23 heavy (non-hydrogen) atoms. The summed E-state index contributed by atoms with van der Waals surface area (Å²) in [7, 11) is 1.90. The molecule has 0 spiro atoms. The molecule has 1 heterocycles. The Balaban J connectivity index is 1.53. The zero-order valence-corrected chi connectivity index (χ0v) is 13.9. The number of ether oxygens (including phenoxy) is 1. The summed E-state index contributed by atoms with van der Waals surface area (Å²) in [6.07, 6.45) is 7.44. The van der Waals surface area contributed by atoms with E-state index in [4.69, 9.17) is 4.74 Å². The van der Waals surface area contributed by atoms with Crippen molar-refractivity contribution >= 4 is 17.7 Å². The third kappa shape index (κ3) is 4.35. The molecule has 124 valence electrons. The van der Waals surface area contributed by atoms with Gasteiger partial charge in [-0.3, -0.25) is 4.79 Å². The Labute approximate surface area is 138 Å². The van der Waals surface area contributed by atoms with Crippen molar-refractivity contribution in [1.29, 1.82) is 0 Å². The van der Waals surface area contributed by atoms with E-state index in [-0.39, 0.29) is 5.91 Å². The van der Waals surface area contributed by atoms with Crippen LogP contribution >= 0.6 is 0 Å². The van der Waals surface area contributed by atoms with Crippen molar-refractivity contribution in [2.75, 3.05) is 44.8 Å². The summed E-state index contributed by atoms with van der Waals surface area (Å²) in [5.74, 6) is 0.805. The molecule has 0 unspecified atom stereocenters. The maximum Gasteiger partial charge on any atom is 0.246 e. The molecule has 0 radical (unpaired) electrons. The average molecular weight is 314 g/mol. The van der Waals surface area contributed by atoms with Gasteiger partial charge in [0.15, 0.2) is 0 Å². The van der Waals surface area contributed by atoms with Crippen LogP contribution in [-0.4, -0.2) is 50.7 Å². The fourth-order valence-electron chi connectivity index (χ4n) is 3.07. The zero-order chi connectivity index (χ0) is 16.1. The lowest BCUT2D eigenvalue weighted by Crippen LogP contribution is -2.36. The highest BCUT2D eigenvalue weighted by molar-refractivity contribution is 5.91. The van der Waals surface area contributed by atoms with Gasteiger partial charge in [-0.2, -0.15) is 0 Å². The normalized spacial score (nSPS) is 18.9. The molecule has 3 rings (SSSR count). The molecule has 0 aromatic heterocycles. The van der Waals surface area contributed by atoms with Crippen molar-refractivity contribution in [3.63, 3.8) is 0 Å². The highest BCUT2D eigenvalue weighted by Gasteiger charge is 2.20. The van der Waals surface area contributed by atoms with Gasteiger partial charge in [0.2, 0.25) is 5.91 Å². The molecule has 1 amide bonds. The molecule has 0 bridgehead atoms. The first-order valence-corrected chi connectivity index (χ1v) is 8.58. The van der Waals surface area contributed by atoms with Gasteiger partial charge >= 0.3 is 0 Å². The van der Waals surface area contributed by atoms with Crippen LogP contribution in [0.5, 0.6) is 0 Å². The Morgan fingerprint density at radius 1 is 1.26 bits per heavy atom. The Morgan fingerprint density at radius 3 is 2.57 bits per heavy atom. The van der Waals surface area contributed by atoms with Gasteiger partial charge in [-0.05, 0) is 42.5 Å². The van der Waals surface area contributed by atoms with Gasteiger partial charge in [-0.25, -0.2) is 0 Å². The largest absolute Gasteiger partial charge is 0.378 e. The number of rotatable bonds is 5. The summed E-state index contributed by atoms with van der Waals surface area (Å²) in [6.45, 7) is 4.37.